The summed E-state index contributed by atoms with van der Waals surface area (Å²) in [6, 6.07) is -0.948. The number of likely N-dealkylation sites (tertiary alicyclic amines) is 1. The molecule has 0 aromatic carbocycles. The quantitative estimate of drug-likeness (QED) is 0.607. The molecule has 0 N–H and O–H groups in total. The first-order valence-corrected chi connectivity index (χ1v) is 11.9. The zero-order valence-corrected chi connectivity index (χ0v) is 20.5. The second kappa shape index (κ2) is 9.57. The van der Waals surface area contributed by atoms with Crippen molar-refractivity contribution in [3.05, 3.63) is 0 Å². The van der Waals surface area contributed by atoms with Crippen LogP contribution < -0.4 is 0 Å². The van der Waals surface area contributed by atoms with Gasteiger partial charge in [0, 0.05) is 25.6 Å². The van der Waals surface area contributed by atoms with Crippen molar-refractivity contribution >= 4 is 18.0 Å². The third-order valence-electron chi connectivity index (χ3n) is 6.94. The Morgan fingerprint density at radius 3 is 2.25 bits per heavy atom. The summed E-state index contributed by atoms with van der Waals surface area (Å²) in [4.78, 5) is 42.4. The van der Waals surface area contributed by atoms with Gasteiger partial charge >= 0.3 is 12.1 Å². The number of hydrogen-bond donors (Lipinski definition) is 0. The van der Waals surface area contributed by atoms with Crippen LogP contribution in [0.15, 0.2) is 0 Å². The summed E-state index contributed by atoms with van der Waals surface area (Å²) in [5.74, 6) is -0.487. The van der Waals surface area contributed by atoms with E-state index in [2.05, 4.69) is 13.8 Å². The molecular weight excluding hydrogens is 412 g/mol. The molecule has 0 radical (unpaired) electrons. The zero-order chi connectivity index (χ0) is 23.7. The van der Waals surface area contributed by atoms with E-state index in [1.165, 1.54) is 12.0 Å². The van der Waals surface area contributed by atoms with Crippen LogP contribution in [0.1, 0.15) is 79.6 Å². The third kappa shape index (κ3) is 5.74. The lowest BCUT2D eigenvalue weighted by molar-refractivity contribution is -0.148. The molecule has 0 aromatic rings. The average Bonchev–Trinajstić information content (AvgIpc) is 3.37. The number of nitrogens with zero attached hydrogens (tertiary/aromatic N) is 2. The number of carbonyl (C=O) groups is 3. The van der Waals surface area contributed by atoms with Crippen molar-refractivity contribution in [1.29, 1.82) is 0 Å². The smallest absolute Gasteiger partial charge is 0.411 e. The van der Waals surface area contributed by atoms with E-state index in [0.29, 0.717) is 13.0 Å². The van der Waals surface area contributed by atoms with Gasteiger partial charge < -0.3 is 19.1 Å². The molecule has 2 amide bonds. The zero-order valence-electron chi connectivity index (χ0n) is 20.5. The van der Waals surface area contributed by atoms with Crippen molar-refractivity contribution in [1.82, 2.24) is 9.80 Å². The number of esters is 1. The van der Waals surface area contributed by atoms with Gasteiger partial charge in [-0.3, -0.25) is 9.69 Å². The maximum Gasteiger partial charge on any atom is 0.411 e. The molecule has 32 heavy (non-hydrogen) atoms. The fourth-order valence-corrected chi connectivity index (χ4v) is 5.16. The van der Waals surface area contributed by atoms with Crippen LogP contribution in [0.3, 0.4) is 0 Å². The van der Waals surface area contributed by atoms with Crippen LogP contribution in [-0.4, -0.2) is 77.9 Å². The molecule has 0 bridgehead atoms. The van der Waals surface area contributed by atoms with Gasteiger partial charge in [-0.05, 0) is 64.7 Å². The fourth-order valence-electron chi connectivity index (χ4n) is 5.16. The summed E-state index contributed by atoms with van der Waals surface area (Å²) in [7, 11) is 1.32. The molecule has 8 heteroatoms. The van der Waals surface area contributed by atoms with Crippen molar-refractivity contribution in [2.75, 3.05) is 20.3 Å². The van der Waals surface area contributed by atoms with Gasteiger partial charge in [-0.2, -0.15) is 0 Å². The summed E-state index contributed by atoms with van der Waals surface area (Å²) in [6.45, 7) is 10.8. The molecule has 1 saturated carbocycles. The molecule has 2 saturated heterocycles. The third-order valence-corrected chi connectivity index (χ3v) is 6.94. The molecule has 3 atom stereocenters. The van der Waals surface area contributed by atoms with Gasteiger partial charge in [-0.1, -0.05) is 13.8 Å². The van der Waals surface area contributed by atoms with E-state index in [1.54, 1.807) is 20.8 Å². The van der Waals surface area contributed by atoms with Crippen molar-refractivity contribution < 1.29 is 28.6 Å². The molecule has 182 valence electrons. The van der Waals surface area contributed by atoms with Crippen molar-refractivity contribution in [3.63, 3.8) is 0 Å². The lowest BCUT2D eigenvalue weighted by Gasteiger charge is -2.43. The maximum atomic E-state index is 13.6. The van der Waals surface area contributed by atoms with Gasteiger partial charge in [0.2, 0.25) is 0 Å². The monoisotopic (exact) mass is 452 g/mol. The molecule has 2 heterocycles. The summed E-state index contributed by atoms with van der Waals surface area (Å²) >= 11 is 0. The Labute approximate surface area is 191 Å². The molecule has 3 aliphatic rings. The van der Waals surface area contributed by atoms with Crippen molar-refractivity contribution in [2.24, 2.45) is 5.41 Å². The van der Waals surface area contributed by atoms with Crippen LogP contribution in [0.5, 0.6) is 0 Å². The normalized spacial score (nSPS) is 28.4. The van der Waals surface area contributed by atoms with Crippen LogP contribution in [0, 0.1) is 5.41 Å². The van der Waals surface area contributed by atoms with Crippen LogP contribution >= 0.6 is 0 Å². The van der Waals surface area contributed by atoms with Crippen LogP contribution in [0.4, 0.5) is 4.79 Å². The number of ether oxygens (including phenoxy) is 3. The average molecular weight is 453 g/mol. The Morgan fingerprint density at radius 2 is 1.72 bits per heavy atom. The number of amides is 2. The molecule has 3 rings (SSSR count). The minimum Gasteiger partial charge on any atom is -0.467 e. The van der Waals surface area contributed by atoms with E-state index in [1.807, 2.05) is 4.90 Å². The highest BCUT2D eigenvalue weighted by Gasteiger charge is 2.48. The highest BCUT2D eigenvalue weighted by Crippen LogP contribution is 2.39. The summed E-state index contributed by atoms with van der Waals surface area (Å²) in [6.07, 6.45) is 4.87. The van der Waals surface area contributed by atoms with Gasteiger partial charge in [0.15, 0.2) is 0 Å². The van der Waals surface area contributed by atoms with E-state index < -0.39 is 29.8 Å². The summed E-state index contributed by atoms with van der Waals surface area (Å²) in [5, 5.41) is 0. The van der Waals surface area contributed by atoms with E-state index in [-0.39, 0.29) is 30.0 Å². The molecule has 0 spiro atoms. The van der Waals surface area contributed by atoms with Crippen LogP contribution in [0.2, 0.25) is 0 Å². The van der Waals surface area contributed by atoms with Gasteiger partial charge in [-0.15, -0.1) is 0 Å². The minimum atomic E-state index is -0.764. The Kier molecular flexibility index (Phi) is 7.42. The molecular formula is C24H40N2O6. The summed E-state index contributed by atoms with van der Waals surface area (Å²) < 4.78 is 16.3. The fraction of sp³-hybridized carbons (Fsp3) is 0.875. The molecule has 3 fully saturated rings. The minimum absolute atomic E-state index is 0.00754. The van der Waals surface area contributed by atoms with Crippen molar-refractivity contribution in [2.45, 2.75) is 109 Å². The number of rotatable bonds is 4. The van der Waals surface area contributed by atoms with E-state index in [9.17, 15) is 14.4 Å². The van der Waals surface area contributed by atoms with Crippen LogP contribution in [-0.2, 0) is 23.8 Å². The lowest BCUT2D eigenvalue weighted by atomic mass is 9.75. The second-order valence-electron chi connectivity index (χ2n) is 11.2. The molecule has 8 nitrogen and oxygen atoms in total. The molecule has 2 aliphatic heterocycles. The SMILES string of the molecule is COC(=O)[C@H]1C[C@H](N(C(=O)[C@@H]2CCCO2)C2CCC(C)(C)CC2)CN1C(=O)OC(C)(C)C. The number of carbonyl (C=O) groups excluding carboxylic acids is 3. The Balaban J connectivity index is 1.85. The summed E-state index contributed by atoms with van der Waals surface area (Å²) in [5.41, 5.74) is -0.417. The van der Waals surface area contributed by atoms with Gasteiger partial charge in [-0.25, -0.2) is 9.59 Å². The molecule has 0 aromatic heterocycles. The van der Waals surface area contributed by atoms with Crippen molar-refractivity contribution in [3.8, 4) is 0 Å². The number of hydrogen-bond acceptors (Lipinski definition) is 6. The highest BCUT2D eigenvalue weighted by atomic mass is 16.6. The van der Waals surface area contributed by atoms with Gasteiger partial charge in [0.1, 0.15) is 17.7 Å². The lowest BCUT2D eigenvalue weighted by Crippen LogP contribution is -2.53. The number of methoxy groups -OCH3 is 1. The Bertz CT molecular complexity index is 700. The Hall–Kier alpha value is -1.83. The largest absolute Gasteiger partial charge is 0.467 e. The van der Waals surface area contributed by atoms with E-state index in [0.717, 1.165) is 38.5 Å². The first-order valence-electron chi connectivity index (χ1n) is 11.9. The maximum absolute atomic E-state index is 13.6. The first-order chi connectivity index (χ1) is 14.9. The second-order valence-corrected chi connectivity index (χ2v) is 11.2. The predicted molar refractivity (Wildman–Crippen MR) is 119 cm³/mol. The van der Waals surface area contributed by atoms with Gasteiger partial charge in [0.25, 0.3) is 5.91 Å². The predicted octanol–water partition coefficient (Wildman–Crippen LogP) is 3.51. The molecule has 1 aliphatic carbocycles. The van der Waals surface area contributed by atoms with E-state index >= 15 is 0 Å². The first kappa shape index (κ1) is 24.8. The van der Waals surface area contributed by atoms with E-state index in [4.69, 9.17) is 14.2 Å². The topological polar surface area (TPSA) is 85.4 Å². The molecule has 0 unspecified atom stereocenters. The Morgan fingerprint density at radius 1 is 1.06 bits per heavy atom. The highest BCUT2D eigenvalue weighted by molar-refractivity contribution is 5.84. The van der Waals surface area contributed by atoms with Gasteiger partial charge in [0.05, 0.1) is 13.2 Å². The van der Waals surface area contributed by atoms with Crippen LogP contribution in [0.25, 0.3) is 0 Å². The standard InChI is InChI=1S/C24H40N2O6/c1-23(2,3)32-22(29)25-15-17(14-18(25)21(28)30-6)26(20(27)19-8-7-13-31-19)16-9-11-24(4,5)12-10-16/h16-19H,7-15H2,1-6H3/t17-,18+,19-/m0/s1.